The van der Waals surface area contributed by atoms with Crippen LogP contribution >= 0.6 is 12.4 Å². The number of carboxylic acid groups (broad SMARTS) is 1. The first-order valence-electron chi connectivity index (χ1n) is 3.57. The van der Waals surface area contributed by atoms with Gasteiger partial charge in [-0.1, -0.05) is 6.07 Å². The molecule has 0 aromatic carbocycles. The van der Waals surface area contributed by atoms with Gasteiger partial charge in [0.2, 0.25) is 0 Å². The van der Waals surface area contributed by atoms with Crippen LogP contribution in [0.4, 0.5) is 0 Å². The summed E-state index contributed by atoms with van der Waals surface area (Å²) >= 11 is 0. The average molecular weight is 203 g/mol. The van der Waals surface area contributed by atoms with Gasteiger partial charge < -0.3 is 10.8 Å². The lowest BCUT2D eigenvalue weighted by Gasteiger charge is -2.07. The predicted molar refractivity (Wildman–Crippen MR) is 50.7 cm³/mol. The lowest BCUT2D eigenvalue weighted by molar-refractivity contribution is -0.137. The molecule has 72 valence electrons. The number of aliphatic carboxylic acids is 1. The number of carbonyl (C=O) groups is 1. The van der Waals surface area contributed by atoms with Crippen molar-refractivity contribution < 1.29 is 9.90 Å². The Kier molecular flexibility index (Phi) is 5.03. The minimum absolute atomic E-state index is 0. The molecule has 1 atom stereocenters. The Balaban J connectivity index is 0.00000144. The van der Waals surface area contributed by atoms with Gasteiger partial charge in [0.25, 0.3) is 0 Å². The van der Waals surface area contributed by atoms with Crippen molar-refractivity contribution in [2.45, 2.75) is 12.5 Å². The summed E-state index contributed by atoms with van der Waals surface area (Å²) in [6, 6.07) is 3.04. The molecule has 0 aliphatic heterocycles. The molecule has 0 bridgehead atoms. The number of hydrogen-bond donors (Lipinski definition) is 2. The van der Waals surface area contributed by atoms with Crippen molar-refractivity contribution in [3.8, 4) is 0 Å². The van der Waals surface area contributed by atoms with E-state index in [9.17, 15) is 4.79 Å². The molecule has 3 N–H and O–H groups in total. The maximum Gasteiger partial charge on any atom is 0.305 e. The summed E-state index contributed by atoms with van der Waals surface area (Å²) in [6.07, 6.45) is 3.14. The summed E-state index contributed by atoms with van der Waals surface area (Å²) in [6.45, 7) is 0. The zero-order chi connectivity index (χ0) is 8.97. The third kappa shape index (κ3) is 3.87. The minimum atomic E-state index is -0.897. The van der Waals surface area contributed by atoms with E-state index in [0.717, 1.165) is 5.56 Å². The number of hydrogen-bond acceptors (Lipinski definition) is 3. The van der Waals surface area contributed by atoms with E-state index in [-0.39, 0.29) is 18.8 Å². The smallest absolute Gasteiger partial charge is 0.305 e. The first-order valence-corrected chi connectivity index (χ1v) is 3.57. The monoisotopic (exact) mass is 202 g/mol. The summed E-state index contributed by atoms with van der Waals surface area (Å²) in [5.41, 5.74) is 6.33. The molecule has 1 aromatic heterocycles. The van der Waals surface area contributed by atoms with Crippen molar-refractivity contribution in [1.82, 2.24) is 4.98 Å². The Bertz CT molecular complexity index is 266. The maximum atomic E-state index is 10.3. The summed E-state index contributed by atoms with van der Waals surface area (Å²) in [7, 11) is 0. The number of nitrogens with zero attached hydrogens (tertiary/aromatic N) is 1. The molecule has 1 aromatic rings. The second-order valence-electron chi connectivity index (χ2n) is 2.49. The van der Waals surface area contributed by atoms with Gasteiger partial charge in [0.15, 0.2) is 0 Å². The molecule has 0 spiro atoms. The number of aromatic nitrogens is 1. The van der Waals surface area contributed by atoms with E-state index in [1.54, 1.807) is 24.5 Å². The standard InChI is InChI=1S/C8H10N2O2.ClH/c9-7(4-8(11)12)6-2-1-3-10-5-6;/h1-3,5,7H,4,9H2,(H,11,12);1H/t7-;/m0./s1. The van der Waals surface area contributed by atoms with Gasteiger partial charge >= 0.3 is 5.97 Å². The van der Waals surface area contributed by atoms with Crippen LogP contribution in [0.3, 0.4) is 0 Å². The van der Waals surface area contributed by atoms with Crippen molar-refractivity contribution in [2.75, 3.05) is 0 Å². The molecule has 0 saturated heterocycles. The summed E-state index contributed by atoms with van der Waals surface area (Å²) in [5, 5.41) is 8.44. The van der Waals surface area contributed by atoms with Gasteiger partial charge in [-0.25, -0.2) is 0 Å². The molecular weight excluding hydrogens is 192 g/mol. The molecule has 0 amide bonds. The van der Waals surface area contributed by atoms with Crippen LogP contribution in [-0.2, 0) is 4.79 Å². The van der Waals surface area contributed by atoms with Crippen LogP contribution in [0.25, 0.3) is 0 Å². The van der Waals surface area contributed by atoms with Crippen molar-refractivity contribution >= 4 is 18.4 Å². The van der Waals surface area contributed by atoms with Gasteiger partial charge in [-0.2, -0.15) is 0 Å². The number of nitrogens with two attached hydrogens (primary N) is 1. The van der Waals surface area contributed by atoms with Crippen LogP contribution in [0.5, 0.6) is 0 Å². The van der Waals surface area contributed by atoms with Crippen molar-refractivity contribution in [1.29, 1.82) is 0 Å². The molecule has 0 aliphatic rings. The van der Waals surface area contributed by atoms with Crippen molar-refractivity contribution in [3.05, 3.63) is 30.1 Å². The zero-order valence-corrected chi connectivity index (χ0v) is 7.70. The SMILES string of the molecule is Cl.N[C@@H](CC(=O)O)c1cccnc1. The maximum absolute atomic E-state index is 10.3. The molecule has 13 heavy (non-hydrogen) atoms. The van der Waals surface area contributed by atoms with E-state index in [4.69, 9.17) is 10.8 Å². The quantitative estimate of drug-likeness (QED) is 0.766. The van der Waals surface area contributed by atoms with E-state index in [1.807, 2.05) is 0 Å². The van der Waals surface area contributed by atoms with E-state index in [1.165, 1.54) is 0 Å². The highest BCUT2D eigenvalue weighted by atomic mass is 35.5. The molecule has 0 unspecified atom stereocenters. The normalized spacial score (nSPS) is 11.5. The Morgan fingerprint density at radius 3 is 2.85 bits per heavy atom. The third-order valence-electron chi connectivity index (χ3n) is 1.51. The predicted octanol–water partition coefficient (Wildman–Crippen LogP) is 0.978. The lowest BCUT2D eigenvalue weighted by atomic mass is 10.1. The third-order valence-corrected chi connectivity index (χ3v) is 1.51. The number of pyridine rings is 1. The van der Waals surface area contributed by atoms with E-state index < -0.39 is 12.0 Å². The Hall–Kier alpha value is -1.13. The fourth-order valence-electron chi connectivity index (χ4n) is 0.901. The molecule has 0 fully saturated rings. The lowest BCUT2D eigenvalue weighted by Crippen LogP contribution is -2.14. The summed E-state index contributed by atoms with van der Waals surface area (Å²) < 4.78 is 0. The zero-order valence-electron chi connectivity index (χ0n) is 6.88. The van der Waals surface area contributed by atoms with Crippen molar-refractivity contribution in [2.24, 2.45) is 5.73 Å². The topological polar surface area (TPSA) is 76.2 Å². The molecule has 4 nitrogen and oxygen atoms in total. The molecule has 0 radical (unpaired) electrons. The van der Waals surface area contributed by atoms with Crippen LogP contribution in [-0.4, -0.2) is 16.1 Å². The first kappa shape index (κ1) is 11.9. The Labute approximate surface area is 82.2 Å². The van der Waals surface area contributed by atoms with Gasteiger partial charge in [-0.15, -0.1) is 12.4 Å². The van der Waals surface area contributed by atoms with Crippen LogP contribution in [0.15, 0.2) is 24.5 Å². The fraction of sp³-hybridized carbons (Fsp3) is 0.250. The second-order valence-corrected chi connectivity index (χ2v) is 2.49. The molecule has 0 aliphatic carbocycles. The fourth-order valence-corrected chi connectivity index (χ4v) is 0.901. The first-order chi connectivity index (χ1) is 5.70. The molecule has 5 heteroatoms. The van der Waals surface area contributed by atoms with Crippen molar-refractivity contribution in [3.63, 3.8) is 0 Å². The van der Waals surface area contributed by atoms with Gasteiger partial charge in [-0.3, -0.25) is 9.78 Å². The van der Waals surface area contributed by atoms with Crippen LogP contribution in [0, 0.1) is 0 Å². The highest BCUT2D eigenvalue weighted by Gasteiger charge is 2.09. The van der Waals surface area contributed by atoms with Crippen LogP contribution in [0.1, 0.15) is 18.0 Å². The molecular formula is C8H11ClN2O2. The van der Waals surface area contributed by atoms with Gasteiger partial charge in [-0.05, 0) is 11.6 Å². The van der Waals surface area contributed by atoms with Gasteiger partial charge in [0, 0.05) is 18.4 Å². The largest absolute Gasteiger partial charge is 0.481 e. The highest BCUT2D eigenvalue weighted by Crippen LogP contribution is 2.11. The molecule has 1 rings (SSSR count). The molecule has 0 saturated carbocycles. The van der Waals surface area contributed by atoms with Crippen LogP contribution < -0.4 is 5.73 Å². The summed E-state index contributed by atoms with van der Waals surface area (Å²) in [4.78, 5) is 14.1. The summed E-state index contributed by atoms with van der Waals surface area (Å²) in [5.74, 6) is -0.897. The number of carboxylic acids is 1. The van der Waals surface area contributed by atoms with Crippen LogP contribution in [0.2, 0.25) is 0 Å². The minimum Gasteiger partial charge on any atom is -0.481 e. The number of halogens is 1. The average Bonchev–Trinajstić information content (AvgIpc) is 2.05. The van der Waals surface area contributed by atoms with E-state index in [0.29, 0.717) is 0 Å². The van der Waals surface area contributed by atoms with E-state index in [2.05, 4.69) is 4.98 Å². The second kappa shape index (κ2) is 5.50. The van der Waals surface area contributed by atoms with Gasteiger partial charge in [0.1, 0.15) is 0 Å². The number of rotatable bonds is 3. The highest BCUT2D eigenvalue weighted by molar-refractivity contribution is 5.85. The Morgan fingerprint density at radius 1 is 1.69 bits per heavy atom. The molecule has 1 heterocycles. The van der Waals surface area contributed by atoms with E-state index >= 15 is 0 Å². The Morgan fingerprint density at radius 2 is 2.38 bits per heavy atom. The van der Waals surface area contributed by atoms with Gasteiger partial charge in [0.05, 0.1) is 6.42 Å².